The number of amides is 1. The highest BCUT2D eigenvalue weighted by molar-refractivity contribution is 5.96. The molecule has 0 radical (unpaired) electrons. The Morgan fingerprint density at radius 3 is 2.75 bits per heavy atom. The van der Waals surface area contributed by atoms with Crippen molar-refractivity contribution in [2.75, 3.05) is 6.54 Å². The molecule has 1 fully saturated rings. The van der Waals surface area contributed by atoms with E-state index in [2.05, 4.69) is 5.32 Å². The first-order valence-electron chi connectivity index (χ1n) is 5.83. The molecule has 1 aromatic rings. The number of aromatic hydroxyl groups is 1. The molecule has 0 atom stereocenters. The van der Waals surface area contributed by atoms with Gasteiger partial charge in [-0.3, -0.25) is 4.79 Å². The summed E-state index contributed by atoms with van der Waals surface area (Å²) >= 11 is 0. The minimum Gasteiger partial charge on any atom is -0.507 e. The van der Waals surface area contributed by atoms with Crippen molar-refractivity contribution in [3.8, 4) is 5.75 Å². The highest BCUT2D eigenvalue weighted by Gasteiger charge is 2.17. The van der Waals surface area contributed by atoms with Gasteiger partial charge in [0.15, 0.2) is 0 Å². The summed E-state index contributed by atoms with van der Waals surface area (Å²) in [6.07, 6.45) is 4.98. The second-order valence-corrected chi connectivity index (χ2v) is 4.36. The van der Waals surface area contributed by atoms with Crippen molar-refractivity contribution in [3.63, 3.8) is 0 Å². The normalized spacial score (nSPS) is 15.5. The van der Waals surface area contributed by atoms with E-state index in [1.807, 2.05) is 0 Å². The van der Waals surface area contributed by atoms with Crippen molar-refractivity contribution in [2.24, 2.45) is 5.92 Å². The molecule has 1 saturated carbocycles. The third-order valence-electron chi connectivity index (χ3n) is 3.21. The third-order valence-corrected chi connectivity index (χ3v) is 3.21. The van der Waals surface area contributed by atoms with Gasteiger partial charge in [0.05, 0.1) is 5.56 Å². The number of carbonyl (C=O) groups excluding carboxylic acids is 1. The van der Waals surface area contributed by atoms with Crippen LogP contribution in [0.5, 0.6) is 5.75 Å². The minimum atomic E-state index is -0.183. The van der Waals surface area contributed by atoms with Gasteiger partial charge in [-0.2, -0.15) is 0 Å². The molecule has 2 rings (SSSR count). The van der Waals surface area contributed by atoms with E-state index in [0.717, 1.165) is 12.3 Å². The first kappa shape index (κ1) is 11.0. The maximum Gasteiger partial charge on any atom is 0.255 e. The van der Waals surface area contributed by atoms with Crippen molar-refractivity contribution < 1.29 is 9.90 Å². The first-order valence-corrected chi connectivity index (χ1v) is 5.83. The topological polar surface area (TPSA) is 49.3 Å². The van der Waals surface area contributed by atoms with E-state index >= 15 is 0 Å². The van der Waals surface area contributed by atoms with E-state index in [-0.39, 0.29) is 11.7 Å². The number of hydrogen-bond donors (Lipinski definition) is 2. The van der Waals surface area contributed by atoms with Crippen LogP contribution in [0.3, 0.4) is 0 Å². The Bertz CT molecular complexity index is 372. The summed E-state index contributed by atoms with van der Waals surface area (Å²) in [5, 5.41) is 12.3. The fourth-order valence-electron chi connectivity index (χ4n) is 1.93. The second-order valence-electron chi connectivity index (χ2n) is 4.36. The Kier molecular flexibility index (Phi) is 3.44. The lowest BCUT2D eigenvalue weighted by Gasteiger charge is -2.25. The molecule has 1 aliphatic carbocycles. The lowest BCUT2D eigenvalue weighted by atomic mass is 9.83. The van der Waals surface area contributed by atoms with Gasteiger partial charge in [0.1, 0.15) is 5.75 Å². The Balaban J connectivity index is 1.81. The minimum absolute atomic E-state index is 0.0450. The summed E-state index contributed by atoms with van der Waals surface area (Å²) in [6, 6.07) is 6.62. The van der Waals surface area contributed by atoms with E-state index in [0.29, 0.717) is 12.1 Å². The van der Waals surface area contributed by atoms with E-state index in [1.54, 1.807) is 18.2 Å². The zero-order chi connectivity index (χ0) is 11.4. The molecule has 0 spiro atoms. The van der Waals surface area contributed by atoms with Gasteiger partial charge in [-0.05, 0) is 24.5 Å². The summed E-state index contributed by atoms with van der Waals surface area (Å²) in [5.41, 5.74) is 0.358. The van der Waals surface area contributed by atoms with Crippen molar-refractivity contribution >= 4 is 5.91 Å². The number of carbonyl (C=O) groups is 1. The summed E-state index contributed by atoms with van der Waals surface area (Å²) < 4.78 is 0. The van der Waals surface area contributed by atoms with Crippen LogP contribution in [0, 0.1) is 5.92 Å². The van der Waals surface area contributed by atoms with E-state index in [1.165, 1.54) is 25.3 Å². The Hall–Kier alpha value is -1.51. The summed E-state index contributed by atoms with van der Waals surface area (Å²) in [7, 11) is 0. The Morgan fingerprint density at radius 1 is 1.38 bits per heavy atom. The van der Waals surface area contributed by atoms with Gasteiger partial charge in [-0.25, -0.2) is 0 Å². The summed E-state index contributed by atoms with van der Waals surface area (Å²) in [5.74, 6) is 0.658. The molecule has 2 N–H and O–H groups in total. The van der Waals surface area contributed by atoms with Crippen molar-refractivity contribution in [3.05, 3.63) is 29.8 Å². The van der Waals surface area contributed by atoms with Gasteiger partial charge >= 0.3 is 0 Å². The van der Waals surface area contributed by atoms with Crippen LogP contribution in [0.25, 0.3) is 0 Å². The molecule has 1 amide bonds. The van der Waals surface area contributed by atoms with Crippen LogP contribution in [-0.4, -0.2) is 17.6 Å². The summed E-state index contributed by atoms with van der Waals surface area (Å²) in [4.78, 5) is 11.7. The molecule has 86 valence electrons. The van der Waals surface area contributed by atoms with Crippen LogP contribution < -0.4 is 5.32 Å². The SMILES string of the molecule is O=C(NCCC1CCC1)c1ccccc1O. The summed E-state index contributed by atoms with van der Waals surface area (Å²) in [6.45, 7) is 0.706. The molecule has 0 aliphatic heterocycles. The Labute approximate surface area is 95.5 Å². The monoisotopic (exact) mass is 219 g/mol. The van der Waals surface area contributed by atoms with Gasteiger partial charge in [-0.1, -0.05) is 31.4 Å². The van der Waals surface area contributed by atoms with Crippen LogP contribution in [-0.2, 0) is 0 Å². The van der Waals surface area contributed by atoms with E-state index < -0.39 is 0 Å². The third kappa shape index (κ3) is 2.54. The maximum absolute atomic E-state index is 11.7. The molecule has 0 heterocycles. The van der Waals surface area contributed by atoms with Gasteiger partial charge in [-0.15, -0.1) is 0 Å². The predicted molar refractivity (Wildman–Crippen MR) is 62.4 cm³/mol. The van der Waals surface area contributed by atoms with Gasteiger partial charge in [0.25, 0.3) is 5.91 Å². The molecule has 0 unspecified atom stereocenters. The lowest BCUT2D eigenvalue weighted by molar-refractivity contribution is 0.0946. The van der Waals surface area contributed by atoms with Crippen LogP contribution in [0.1, 0.15) is 36.0 Å². The fourth-order valence-corrected chi connectivity index (χ4v) is 1.93. The molecule has 16 heavy (non-hydrogen) atoms. The molecule has 3 heteroatoms. The molecule has 0 aromatic heterocycles. The first-order chi connectivity index (χ1) is 7.77. The lowest BCUT2D eigenvalue weighted by Crippen LogP contribution is -2.27. The number of phenols is 1. The zero-order valence-corrected chi connectivity index (χ0v) is 9.28. The number of rotatable bonds is 4. The van der Waals surface area contributed by atoms with Crippen molar-refractivity contribution in [1.29, 1.82) is 0 Å². The average molecular weight is 219 g/mol. The highest BCUT2D eigenvalue weighted by atomic mass is 16.3. The van der Waals surface area contributed by atoms with Gasteiger partial charge < -0.3 is 10.4 Å². The Morgan fingerprint density at radius 2 is 2.12 bits per heavy atom. The highest BCUT2D eigenvalue weighted by Crippen LogP contribution is 2.28. The molecule has 0 bridgehead atoms. The molecule has 1 aliphatic rings. The zero-order valence-electron chi connectivity index (χ0n) is 9.28. The van der Waals surface area contributed by atoms with E-state index in [4.69, 9.17) is 0 Å². The predicted octanol–water partition coefficient (Wildman–Crippen LogP) is 2.31. The quantitative estimate of drug-likeness (QED) is 0.816. The number of para-hydroxylation sites is 1. The van der Waals surface area contributed by atoms with Crippen LogP contribution >= 0.6 is 0 Å². The van der Waals surface area contributed by atoms with Gasteiger partial charge in [0.2, 0.25) is 0 Å². The average Bonchev–Trinajstić information content (AvgIpc) is 2.22. The number of phenolic OH excluding ortho intramolecular Hbond substituents is 1. The number of nitrogens with one attached hydrogen (secondary N) is 1. The second kappa shape index (κ2) is 5.01. The van der Waals surface area contributed by atoms with Crippen LogP contribution in [0.15, 0.2) is 24.3 Å². The van der Waals surface area contributed by atoms with Crippen LogP contribution in [0.4, 0.5) is 0 Å². The smallest absolute Gasteiger partial charge is 0.255 e. The molecule has 1 aromatic carbocycles. The molecular weight excluding hydrogens is 202 g/mol. The number of benzene rings is 1. The molecule has 0 saturated heterocycles. The molecule has 3 nitrogen and oxygen atoms in total. The van der Waals surface area contributed by atoms with Crippen LogP contribution in [0.2, 0.25) is 0 Å². The van der Waals surface area contributed by atoms with Gasteiger partial charge in [0, 0.05) is 6.54 Å². The van der Waals surface area contributed by atoms with Crippen molar-refractivity contribution in [1.82, 2.24) is 5.32 Å². The van der Waals surface area contributed by atoms with E-state index in [9.17, 15) is 9.90 Å². The fraction of sp³-hybridized carbons (Fsp3) is 0.462. The number of hydrogen-bond acceptors (Lipinski definition) is 2. The maximum atomic E-state index is 11.7. The molecular formula is C13H17NO2. The standard InChI is InChI=1S/C13H17NO2/c15-12-7-2-1-6-11(12)13(16)14-9-8-10-4-3-5-10/h1-2,6-7,10,15H,3-5,8-9H2,(H,14,16). The largest absolute Gasteiger partial charge is 0.507 e. The van der Waals surface area contributed by atoms with Crippen molar-refractivity contribution in [2.45, 2.75) is 25.7 Å².